The molecule has 208 valence electrons. The first kappa shape index (κ1) is 26.3. The fourth-order valence-corrected chi connectivity index (χ4v) is 8.15. The number of hydrogen-bond donors (Lipinski definition) is 1. The average Bonchev–Trinajstić information content (AvgIpc) is 3.48. The highest BCUT2D eigenvalue weighted by molar-refractivity contribution is 7.87. The van der Waals surface area contributed by atoms with Crippen LogP contribution < -0.4 is 4.72 Å². The first-order valence-electron chi connectivity index (χ1n) is 12.4. The van der Waals surface area contributed by atoms with Gasteiger partial charge in [0.1, 0.15) is 6.54 Å². The summed E-state index contributed by atoms with van der Waals surface area (Å²) in [6.45, 7) is -1.72. The van der Waals surface area contributed by atoms with Crippen LogP contribution in [0.2, 0.25) is 0 Å². The topological polar surface area (TPSA) is 67.2 Å². The van der Waals surface area contributed by atoms with Crippen molar-refractivity contribution in [2.75, 3.05) is 13.1 Å². The van der Waals surface area contributed by atoms with Gasteiger partial charge >= 0.3 is 12.4 Å². The van der Waals surface area contributed by atoms with Crippen LogP contribution in [-0.2, 0) is 29.2 Å². The van der Waals surface area contributed by atoms with Crippen molar-refractivity contribution < 1.29 is 34.8 Å². The number of hydrogen-bond acceptors (Lipinski definition) is 3. The monoisotopic (exact) mass is 570 g/mol. The molecule has 0 unspecified atom stereocenters. The molecule has 1 aromatic heterocycles. The van der Waals surface area contributed by atoms with Gasteiger partial charge in [0.05, 0.1) is 23.1 Å². The summed E-state index contributed by atoms with van der Waals surface area (Å²) in [7, 11) is -4.26. The SMILES string of the molecule is O=S1(=O)N[C@]2(CN1CC(F)(F)F)[C@@H]1CC[C@H]2Cc2cc(-c3cn(-c4ccc(C(F)(F)F)cc4)cn3)ccc2C1. The lowest BCUT2D eigenvalue weighted by Crippen LogP contribution is -2.52. The van der Waals surface area contributed by atoms with Gasteiger partial charge in [0.25, 0.3) is 10.2 Å². The molecule has 0 amide bonds. The maximum absolute atomic E-state index is 13.1. The van der Waals surface area contributed by atoms with Crippen LogP contribution in [0, 0.1) is 11.8 Å². The van der Waals surface area contributed by atoms with Gasteiger partial charge in [0.15, 0.2) is 0 Å². The second-order valence-electron chi connectivity index (χ2n) is 10.6. The summed E-state index contributed by atoms with van der Waals surface area (Å²) < 4.78 is 108. The molecule has 6 rings (SSSR count). The first-order chi connectivity index (χ1) is 18.2. The van der Waals surface area contributed by atoms with E-state index in [1.807, 2.05) is 18.2 Å². The molecular formula is C26H24F6N4O2S. The second kappa shape index (κ2) is 8.80. The molecule has 2 aromatic carbocycles. The third kappa shape index (κ3) is 4.74. The molecule has 1 saturated carbocycles. The molecule has 1 saturated heterocycles. The van der Waals surface area contributed by atoms with Gasteiger partial charge in [-0.2, -0.15) is 43.8 Å². The summed E-state index contributed by atoms with van der Waals surface area (Å²) in [6.07, 6.45) is -3.32. The average molecular weight is 571 g/mol. The van der Waals surface area contributed by atoms with Crippen LogP contribution in [0.3, 0.4) is 0 Å². The zero-order valence-corrected chi connectivity index (χ0v) is 21.2. The lowest BCUT2D eigenvalue weighted by molar-refractivity contribution is -0.138. The van der Waals surface area contributed by atoms with Crippen molar-refractivity contribution in [3.8, 4) is 16.9 Å². The minimum atomic E-state index is -4.63. The Kier molecular flexibility index (Phi) is 5.94. The number of halogens is 6. The van der Waals surface area contributed by atoms with Crippen molar-refractivity contribution in [3.63, 3.8) is 0 Å². The fourth-order valence-electron chi connectivity index (χ4n) is 6.44. The van der Waals surface area contributed by atoms with E-state index in [4.69, 9.17) is 0 Å². The smallest absolute Gasteiger partial charge is 0.306 e. The Morgan fingerprint density at radius 2 is 1.62 bits per heavy atom. The van der Waals surface area contributed by atoms with Crippen LogP contribution in [0.5, 0.6) is 0 Å². The van der Waals surface area contributed by atoms with Gasteiger partial charge in [-0.25, -0.2) is 4.98 Å². The molecular weight excluding hydrogens is 546 g/mol. The van der Waals surface area contributed by atoms with E-state index < -0.39 is 40.2 Å². The number of nitrogens with one attached hydrogen (secondary N) is 1. The van der Waals surface area contributed by atoms with Crippen molar-refractivity contribution in [1.82, 2.24) is 18.6 Å². The lowest BCUT2D eigenvalue weighted by atomic mass is 9.79. The van der Waals surface area contributed by atoms with Gasteiger partial charge in [-0.3, -0.25) is 0 Å². The number of benzene rings is 2. The highest BCUT2D eigenvalue weighted by Gasteiger charge is 2.60. The normalized spacial score (nSPS) is 26.6. The van der Waals surface area contributed by atoms with Crippen molar-refractivity contribution in [3.05, 3.63) is 71.7 Å². The minimum Gasteiger partial charge on any atom is -0.306 e. The predicted octanol–water partition coefficient (Wildman–Crippen LogP) is 5.13. The van der Waals surface area contributed by atoms with Crippen LogP contribution >= 0.6 is 0 Å². The zero-order chi connectivity index (χ0) is 27.8. The maximum Gasteiger partial charge on any atom is 0.416 e. The third-order valence-electron chi connectivity index (χ3n) is 8.28. The molecule has 1 aliphatic heterocycles. The summed E-state index contributed by atoms with van der Waals surface area (Å²) in [5.74, 6) is -0.279. The van der Waals surface area contributed by atoms with Crippen LogP contribution in [-0.4, -0.2) is 47.1 Å². The van der Waals surface area contributed by atoms with Crippen LogP contribution in [0.15, 0.2) is 55.0 Å². The first-order valence-corrected chi connectivity index (χ1v) is 13.9. The van der Waals surface area contributed by atoms with Crippen LogP contribution in [0.4, 0.5) is 26.3 Å². The zero-order valence-electron chi connectivity index (χ0n) is 20.4. The maximum atomic E-state index is 13.1. The Labute approximate surface area is 220 Å². The van der Waals surface area contributed by atoms with Crippen LogP contribution in [0.1, 0.15) is 29.5 Å². The second-order valence-corrected chi connectivity index (χ2v) is 12.3. The van der Waals surface area contributed by atoms with Crippen LogP contribution in [0.25, 0.3) is 16.9 Å². The molecule has 3 aliphatic rings. The lowest BCUT2D eigenvalue weighted by Gasteiger charge is -2.33. The van der Waals surface area contributed by atoms with E-state index in [1.54, 1.807) is 10.8 Å². The molecule has 0 radical (unpaired) electrons. The Hall–Kier alpha value is -2.90. The van der Waals surface area contributed by atoms with Gasteiger partial charge in [0.2, 0.25) is 0 Å². The molecule has 1 N–H and O–H groups in total. The van der Waals surface area contributed by atoms with Gasteiger partial charge in [-0.1, -0.05) is 12.1 Å². The molecule has 2 aliphatic carbocycles. The number of alkyl halides is 6. The Bertz CT molecular complexity index is 1520. The summed E-state index contributed by atoms with van der Waals surface area (Å²) in [5.41, 5.74) is 2.25. The molecule has 3 atom stereocenters. The predicted molar refractivity (Wildman–Crippen MR) is 130 cm³/mol. The largest absolute Gasteiger partial charge is 0.416 e. The molecule has 2 bridgehead atoms. The van der Waals surface area contributed by atoms with Gasteiger partial charge < -0.3 is 4.57 Å². The van der Waals surface area contributed by atoms with Crippen molar-refractivity contribution >= 4 is 10.2 Å². The van der Waals surface area contributed by atoms with Gasteiger partial charge in [-0.05, 0) is 79.0 Å². The molecule has 2 heterocycles. The van der Waals surface area contributed by atoms with E-state index in [9.17, 15) is 34.8 Å². The standard InChI is InChI=1S/C26H24F6N4O2S/c27-25(28,29)14-36-13-24(34-39(36,37)38)20-3-4-21(24)11-18-9-17(2-1-16(18)10-20)23-12-35(15-33-23)22-7-5-19(6-8-22)26(30,31)32/h1-2,5-9,12,15,20-21,34H,3-4,10-11,13-14H2/t20-,21+,24-/m1/s1. The molecule has 3 aromatic rings. The number of aromatic nitrogens is 2. The molecule has 6 nitrogen and oxygen atoms in total. The fraction of sp³-hybridized carbons (Fsp3) is 0.423. The minimum absolute atomic E-state index is 0.124. The highest BCUT2D eigenvalue weighted by atomic mass is 32.2. The van der Waals surface area contributed by atoms with Crippen molar-refractivity contribution in [2.24, 2.45) is 11.8 Å². The van der Waals surface area contributed by atoms with Gasteiger partial charge in [-0.15, -0.1) is 0 Å². The summed E-state index contributed by atoms with van der Waals surface area (Å²) in [5, 5.41) is 0. The molecule has 1 spiro atoms. The Morgan fingerprint density at radius 3 is 2.26 bits per heavy atom. The van der Waals surface area contributed by atoms with E-state index in [0.717, 1.165) is 35.2 Å². The van der Waals surface area contributed by atoms with Crippen molar-refractivity contribution in [2.45, 2.75) is 43.6 Å². The Morgan fingerprint density at radius 1 is 0.949 bits per heavy atom. The van der Waals surface area contributed by atoms with E-state index in [0.29, 0.717) is 34.9 Å². The third-order valence-corrected chi connectivity index (χ3v) is 9.86. The number of imidazole rings is 1. The summed E-state index contributed by atoms with van der Waals surface area (Å²) in [4.78, 5) is 4.42. The van der Waals surface area contributed by atoms with E-state index in [-0.39, 0.29) is 18.4 Å². The Balaban J connectivity index is 1.26. The van der Waals surface area contributed by atoms with E-state index >= 15 is 0 Å². The number of fused-ring (bicyclic) bond motifs is 1. The molecule has 13 heteroatoms. The summed E-state index contributed by atoms with van der Waals surface area (Å²) >= 11 is 0. The molecule has 39 heavy (non-hydrogen) atoms. The highest BCUT2D eigenvalue weighted by Crippen LogP contribution is 2.50. The quantitative estimate of drug-likeness (QED) is 0.444. The summed E-state index contributed by atoms with van der Waals surface area (Å²) in [6, 6.07) is 10.6. The van der Waals surface area contributed by atoms with E-state index in [1.165, 1.54) is 18.5 Å². The van der Waals surface area contributed by atoms with Crippen molar-refractivity contribution in [1.29, 1.82) is 0 Å². The number of rotatable bonds is 3. The number of nitrogens with zero attached hydrogens (tertiary/aromatic N) is 3. The van der Waals surface area contributed by atoms with E-state index in [2.05, 4.69) is 9.71 Å². The molecule has 2 fully saturated rings. The van der Waals surface area contributed by atoms with Gasteiger partial charge in [0, 0.05) is 24.0 Å².